The minimum absolute atomic E-state index is 0.301. The molecule has 0 aliphatic heterocycles. The van der Waals surface area contributed by atoms with Crippen LogP contribution >= 0.6 is 0 Å². The Morgan fingerprint density at radius 1 is 1.50 bits per heavy atom. The number of fused-ring (bicyclic) bond motifs is 1. The van der Waals surface area contributed by atoms with Crippen LogP contribution in [0.4, 0.5) is 5.69 Å². The molecule has 106 valence electrons. The van der Waals surface area contributed by atoms with Crippen LogP contribution in [0.25, 0.3) is 10.9 Å². The molecule has 0 bridgehead atoms. The highest BCUT2D eigenvalue weighted by atomic mass is 16.4. The van der Waals surface area contributed by atoms with Gasteiger partial charge in [0.05, 0.1) is 5.52 Å². The van der Waals surface area contributed by atoms with E-state index in [-0.39, 0.29) is 0 Å². The van der Waals surface area contributed by atoms with E-state index < -0.39 is 12.0 Å². The molecule has 0 aliphatic carbocycles. The monoisotopic (exact) mass is 275 g/mol. The Labute approximate surface area is 116 Å². The minimum atomic E-state index is -0.919. The summed E-state index contributed by atoms with van der Waals surface area (Å²) < 4.78 is 1.88. The third-order valence-electron chi connectivity index (χ3n) is 3.57. The summed E-state index contributed by atoms with van der Waals surface area (Å²) in [7, 11) is 3.47. The van der Waals surface area contributed by atoms with Crippen molar-refractivity contribution in [2.75, 3.05) is 7.05 Å². The van der Waals surface area contributed by atoms with E-state index >= 15 is 0 Å². The molecule has 2 N–H and O–H groups in total. The SMILES string of the molecule is CNC(Cc1cn(C)c2ccc(C)c(N=O)c12)C(=O)O. The van der Waals surface area contributed by atoms with Gasteiger partial charge in [0.15, 0.2) is 0 Å². The van der Waals surface area contributed by atoms with Crippen molar-refractivity contribution in [1.29, 1.82) is 0 Å². The molecular weight excluding hydrogens is 258 g/mol. The molecule has 0 spiro atoms. The Balaban J connectivity index is 2.61. The van der Waals surface area contributed by atoms with Crippen LogP contribution in [-0.4, -0.2) is 28.7 Å². The largest absolute Gasteiger partial charge is 0.480 e. The highest BCUT2D eigenvalue weighted by Crippen LogP contribution is 2.34. The van der Waals surface area contributed by atoms with Crippen LogP contribution in [0.2, 0.25) is 0 Å². The Morgan fingerprint density at radius 3 is 2.75 bits per heavy atom. The number of carboxylic acids is 1. The number of nitrogens with zero attached hydrogens (tertiary/aromatic N) is 2. The average molecular weight is 275 g/mol. The lowest BCUT2D eigenvalue weighted by Crippen LogP contribution is -2.35. The first-order valence-corrected chi connectivity index (χ1v) is 6.30. The Hall–Kier alpha value is -2.21. The molecule has 0 aliphatic rings. The number of aryl methyl sites for hydroxylation is 2. The van der Waals surface area contributed by atoms with Gasteiger partial charge in [-0.3, -0.25) is 4.79 Å². The molecule has 0 amide bonds. The first-order valence-electron chi connectivity index (χ1n) is 6.30. The van der Waals surface area contributed by atoms with Crippen molar-refractivity contribution in [1.82, 2.24) is 9.88 Å². The number of nitroso groups, excluding NO2 is 1. The summed E-state index contributed by atoms with van der Waals surface area (Å²) in [4.78, 5) is 22.2. The second kappa shape index (κ2) is 5.42. The Morgan fingerprint density at radius 2 is 2.20 bits per heavy atom. The smallest absolute Gasteiger partial charge is 0.321 e. The summed E-state index contributed by atoms with van der Waals surface area (Å²) in [5.74, 6) is -0.919. The number of benzene rings is 1. The highest BCUT2D eigenvalue weighted by Gasteiger charge is 2.20. The van der Waals surface area contributed by atoms with Crippen LogP contribution in [-0.2, 0) is 18.3 Å². The van der Waals surface area contributed by atoms with E-state index in [1.54, 1.807) is 7.05 Å². The predicted octanol–water partition coefficient (Wildman–Crippen LogP) is 2.10. The quantitative estimate of drug-likeness (QED) is 0.818. The van der Waals surface area contributed by atoms with Crippen molar-refractivity contribution in [3.63, 3.8) is 0 Å². The van der Waals surface area contributed by atoms with Gasteiger partial charge < -0.3 is 15.0 Å². The van der Waals surface area contributed by atoms with Gasteiger partial charge in [-0.1, -0.05) is 6.07 Å². The van der Waals surface area contributed by atoms with Gasteiger partial charge in [-0.05, 0) is 36.3 Å². The molecule has 6 heteroatoms. The molecule has 1 aromatic heterocycles. The molecule has 0 saturated carbocycles. The Kier molecular flexibility index (Phi) is 3.85. The number of aliphatic carboxylic acids is 1. The average Bonchev–Trinajstić information content (AvgIpc) is 2.72. The zero-order valence-electron chi connectivity index (χ0n) is 11.7. The highest BCUT2D eigenvalue weighted by molar-refractivity contribution is 5.96. The molecule has 1 atom stereocenters. The maximum absolute atomic E-state index is 11.1. The number of hydrogen-bond acceptors (Lipinski definition) is 4. The molecule has 6 nitrogen and oxygen atoms in total. The number of carbonyl (C=O) groups is 1. The fourth-order valence-electron chi connectivity index (χ4n) is 2.47. The molecule has 2 rings (SSSR count). The third kappa shape index (κ3) is 2.30. The van der Waals surface area contributed by atoms with Crippen molar-refractivity contribution < 1.29 is 9.90 Å². The van der Waals surface area contributed by atoms with Crippen molar-refractivity contribution >= 4 is 22.6 Å². The molecule has 1 unspecified atom stereocenters. The van der Waals surface area contributed by atoms with Crippen LogP contribution < -0.4 is 5.32 Å². The standard InChI is InChI=1S/C14H17N3O3/c1-8-4-5-11-12(13(8)16-20)9(7-17(11)3)6-10(15-2)14(18)19/h4-5,7,10,15H,6H2,1-3H3,(H,18,19). The summed E-state index contributed by atoms with van der Waals surface area (Å²) in [5.41, 5.74) is 2.86. The van der Waals surface area contributed by atoms with E-state index in [0.717, 1.165) is 22.0 Å². The molecule has 0 radical (unpaired) electrons. The second-order valence-electron chi connectivity index (χ2n) is 4.87. The van der Waals surface area contributed by atoms with Crippen molar-refractivity contribution in [3.8, 4) is 0 Å². The van der Waals surface area contributed by atoms with Crippen LogP contribution in [0, 0.1) is 11.8 Å². The summed E-state index contributed by atoms with van der Waals surface area (Å²) in [6.45, 7) is 1.82. The van der Waals surface area contributed by atoms with Gasteiger partial charge >= 0.3 is 5.97 Å². The van der Waals surface area contributed by atoms with Gasteiger partial charge in [0, 0.05) is 25.1 Å². The molecule has 1 heterocycles. The van der Waals surface area contributed by atoms with E-state index in [4.69, 9.17) is 5.11 Å². The topological polar surface area (TPSA) is 83.7 Å². The maximum atomic E-state index is 11.1. The van der Waals surface area contributed by atoms with Crippen LogP contribution in [0.3, 0.4) is 0 Å². The van der Waals surface area contributed by atoms with Crippen LogP contribution in [0.5, 0.6) is 0 Å². The zero-order valence-corrected chi connectivity index (χ0v) is 11.7. The van der Waals surface area contributed by atoms with Gasteiger partial charge in [-0.25, -0.2) is 0 Å². The number of rotatable bonds is 5. The summed E-state index contributed by atoms with van der Waals surface area (Å²) in [6, 6.07) is 3.06. The number of likely N-dealkylation sites (N-methyl/N-ethyl adjacent to an activating group) is 1. The Bertz CT molecular complexity index is 676. The van der Waals surface area contributed by atoms with Crippen molar-refractivity contribution in [2.24, 2.45) is 12.2 Å². The predicted molar refractivity (Wildman–Crippen MR) is 77.3 cm³/mol. The minimum Gasteiger partial charge on any atom is -0.480 e. The molecule has 0 saturated heterocycles. The first-order chi connectivity index (χ1) is 9.49. The van der Waals surface area contributed by atoms with Crippen molar-refractivity contribution in [2.45, 2.75) is 19.4 Å². The van der Waals surface area contributed by atoms with Crippen LogP contribution in [0.1, 0.15) is 11.1 Å². The lowest BCUT2D eigenvalue weighted by molar-refractivity contribution is -0.139. The molecular formula is C14H17N3O3. The third-order valence-corrected chi connectivity index (χ3v) is 3.57. The van der Waals surface area contributed by atoms with E-state index in [1.807, 2.05) is 36.9 Å². The first kappa shape index (κ1) is 14.2. The molecule has 20 heavy (non-hydrogen) atoms. The van der Waals surface area contributed by atoms with Crippen LogP contribution in [0.15, 0.2) is 23.5 Å². The van der Waals surface area contributed by atoms with E-state index in [9.17, 15) is 9.70 Å². The van der Waals surface area contributed by atoms with Crippen molar-refractivity contribution in [3.05, 3.63) is 34.4 Å². The number of hydrogen-bond donors (Lipinski definition) is 2. The van der Waals surface area contributed by atoms with E-state index in [0.29, 0.717) is 12.1 Å². The van der Waals surface area contributed by atoms with E-state index in [2.05, 4.69) is 10.5 Å². The molecule has 0 fully saturated rings. The molecule has 1 aromatic carbocycles. The number of aromatic nitrogens is 1. The summed E-state index contributed by atoms with van der Waals surface area (Å²) in [6.07, 6.45) is 2.15. The summed E-state index contributed by atoms with van der Waals surface area (Å²) in [5, 5.41) is 15.8. The van der Waals surface area contributed by atoms with Gasteiger partial charge in [0.25, 0.3) is 0 Å². The maximum Gasteiger partial charge on any atom is 0.321 e. The van der Waals surface area contributed by atoms with Gasteiger partial charge in [0.2, 0.25) is 0 Å². The van der Waals surface area contributed by atoms with Gasteiger partial charge in [-0.2, -0.15) is 0 Å². The lowest BCUT2D eigenvalue weighted by Gasteiger charge is -2.10. The van der Waals surface area contributed by atoms with E-state index in [1.165, 1.54) is 0 Å². The second-order valence-corrected chi connectivity index (χ2v) is 4.87. The fraction of sp³-hybridized carbons (Fsp3) is 0.357. The van der Waals surface area contributed by atoms with Gasteiger partial charge in [0.1, 0.15) is 11.7 Å². The number of nitrogens with one attached hydrogen (secondary N) is 1. The fourth-order valence-corrected chi connectivity index (χ4v) is 2.47. The zero-order chi connectivity index (χ0) is 14.9. The summed E-state index contributed by atoms with van der Waals surface area (Å²) >= 11 is 0. The normalized spacial score (nSPS) is 12.6. The number of carboxylic acid groups (broad SMARTS) is 1. The lowest BCUT2D eigenvalue weighted by atomic mass is 10.0. The van der Waals surface area contributed by atoms with Gasteiger partial charge in [-0.15, -0.1) is 4.91 Å². The molecule has 2 aromatic rings.